The van der Waals surface area contributed by atoms with Crippen LogP contribution in [-0.4, -0.2) is 94.3 Å². The lowest BCUT2D eigenvalue weighted by atomic mass is 10.0. The number of anilines is 2. The molecular weight excluding hydrogens is 578 g/mol. The van der Waals surface area contributed by atoms with E-state index in [0.29, 0.717) is 35.8 Å². The summed E-state index contributed by atoms with van der Waals surface area (Å²) < 4.78 is 64.2. The number of fused-ring (bicyclic) bond motifs is 1. The molecule has 234 valence electrons. The van der Waals surface area contributed by atoms with Crippen LogP contribution in [-0.2, 0) is 21.1 Å². The van der Waals surface area contributed by atoms with E-state index in [-0.39, 0.29) is 17.5 Å². The lowest BCUT2D eigenvalue weighted by Gasteiger charge is -2.34. The van der Waals surface area contributed by atoms with Gasteiger partial charge in [-0.15, -0.1) is 0 Å². The van der Waals surface area contributed by atoms with Crippen LogP contribution in [0, 0.1) is 11.8 Å². The van der Waals surface area contributed by atoms with E-state index < -0.39 is 28.4 Å². The second kappa shape index (κ2) is 13.9. The second-order valence-corrected chi connectivity index (χ2v) is 13.1. The number of likely N-dealkylation sites (tertiary alicyclic amines) is 1. The molecule has 0 amide bonds. The predicted molar refractivity (Wildman–Crippen MR) is 165 cm³/mol. The lowest BCUT2D eigenvalue weighted by Crippen LogP contribution is -2.43. The summed E-state index contributed by atoms with van der Waals surface area (Å²) in [6.45, 7) is 3.11. The number of sulfone groups is 1. The molecule has 1 unspecified atom stereocenters. The zero-order valence-corrected chi connectivity index (χ0v) is 25.8. The van der Waals surface area contributed by atoms with Gasteiger partial charge in [0.2, 0.25) is 0 Å². The first-order valence-corrected chi connectivity index (χ1v) is 16.0. The number of nitrogens with zero attached hydrogens (tertiary/aromatic N) is 2. The van der Waals surface area contributed by atoms with Crippen molar-refractivity contribution in [3.63, 3.8) is 0 Å². The minimum Gasteiger partial charge on any atom is -0.495 e. The number of piperidine rings is 1. The van der Waals surface area contributed by atoms with Gasteiger partial charge in [0, 0.05) is 63.1 Å². The summed E-state index contributed by atoms with van der Waals surface area (Å²) in [5, 5.41) is 17.6. The maximum absolute atomic E-state index is 14.3. The summed E-state index contributed by atoms with van der Waals surface area (Å²) in [5.41, 5.74) is 2.57. The Balaban J connectivity index is 1.51. The Kier molecular flexibility index (Phi) is 10.6. The highest BCUT2D eigenvalue weighted by atomic mass is 32.2. The molecule has 0 aliphatic carbocycles. The van der Waals surface area contributed by atoms with Crippen molar-refractivity contribution in [2.24, 2.45) is 0 Å². The van der Waals surface area contributed by atoms with Gasteiger partial charge in [-0.1, -0.05) is 12.0 Å². The highest BCUT2D eigenvalue weighted by Crippen LogP contribution is 2.31. The van der Waals surface area contributed by atoms with Crippen molar-refractivity contribution < 1.29 is 31.8 Å². The molecule has 1 saturated heterocycles. The van der Waals surface area contributed by atoms with Crippen LogP contribution in [0.4, 0.5) is 20.2 Å². The van der Waals surface area contributed by atoms with E-state index in [1.54, 1.807) is 17.7 Å². The van der Waals surface area contributed by atoms with Crippen LogP contribution in [0.2, 0.25) is 0 Å². The molecule has 0 bridgehead atoms. The number of alkyl halides is 2. The Bertz CT molecular complexity index is 1570. The summed E-state index contributed by atoms with van der Waals surface area (Å²) in [6, 6.07) is 12.2. The van der Waals surface area contributed by atoms with Gasteiger partial charge in [-0.2, -0.15) is 0 Å². The quantitative estimate of drug-likeness (QED) is 0.261. The van der Waals surface area contributed by atoms with Crippen molar-refractivity contribution in [3.05, 3.63) is 48.2 Å². The van der Waals surface area contributed by atoms with Gasteiger partial charge in [0.15, 0.2) is 9.84 Å². The van der Waals surface area contributed by atoms with E-state index >= 15 is 0 Å². The third-order valence-corrected chi connectivity index (χ3v) is 8.45. The number of hydrogen-bond acceptors (Lipinski definition) is 8. The van der Waals surface area contributed by atoms with E-state index in [2.05, 4.69) is 27.4 Å². The molecule has 1 aliphatic rings. The fourth-order valence-electron chi connectivity index (χ4n) is 5.31. The third kappa shape index (κ3) is 8.83. The molecule has 2 heterocycles. The minimum absolute atomic E-state index is 0.141. The normalized spacial score (nSPS) is 15.6. The first kappa shape index (κ1) is 32.5. The van der Waals surface area contributed by atoms with Crippen LogP contribution < -0.4 is 15.4 Å². The average Bonchev–Trinajstić information content (AvgIpc) is 3.28. The molecule has 1 aromatic heterocycles. The number of ether oxygens (including phenoxy) is 2. The van der Waals surface area contributed by atoms with E-state index in [0.717, 1.165) is 50.2 Å². The molecule has 12 heteroatoms. The molecule has 2 aromatic carbocycles. The Morgan fingerprint density at radius 1 is 1.14 bits per heavy atom. The first-order chi connectivity index (χ1) is 20.4. The molecule has 0 saturated carbocycles. The monoisotopic (exact) mass is 618 g/mol. The molecule has 0 radical (unpaired) electrons. The van der Waals surface area contributed by atoms with Crippen LogP contribution in [0.15, 0.2) is 47.4 Å². The second-order valence-electron chi connectivity index (χ2n) is 11.0. The van der Waals surface area contributed by atoms with Crippen LogP contribution in [0.5, 0.6) is 5.75 Å². The Hall–Kier alpha value is -3.37. The fraction of sp³-hybridized carbons (Fsp3) is 0.484. The Labute approximate surface area is 252 Å². The topological polar surface area (TPSA) is 105 Å². The van der Waals surface area contributed by atoms with Crippen molar-refractivity contribution >= 4 is 32.1 Å². The van der Waals surface area contributed by atoms with E-state index in [1.807, 2.05) is 24.3 Å². The smallest absolute Gasteiger partial charge is 0.262 e. The predicted octanol–water partition coefficient (Wildman–Crippen LogP) is 4.06. The number of aromatic nitrogens is 1. The number of aliphatic hydroxyl groups excluding tert-OH is 1. The maximum atomic E-state index is 14.3. The van der Waals surface area contributed by atoms with E-state index in [1.165, 1.54) is 19.2 Å². The molecule has 1 fully saturated rings. The van der Waals surface area contributed by atoms with Gasteiger partial charge < -0.3 is 34.7 Å². The van der Waals surface area contributed by atoms with Crippen molar-refractivity contribution in [2.45, 2.75) is 49.3 Å². The highest BCUT2D eigenvalue weighted by molar-refractivity contribution is 7.90. The van der Waals surface area contributed by atoms with Gasteiger partial charge >= 0.3 is 0 Å². The SMILES string of the molecule is COCC(O)CN1CCC(Nc2cccc3c2cc(C#CCNc2ccc(S(C)(=O)=O)cc2OC)n3CC(C)(F)F)CC1. The van der Waals surface area contributed by atoms with Gasteiger partial charge in [-0.3, -0.25) is 0 Å². The number of halogens is 2. The minimum atomic E-state index is -3.39. The maximum Gasteiger partial charge on any atom is 0.262 e. The Morgan fingerprint density at radius 3 is 2.53 bits per heavy atom. The summed E-state index contributed by atoms with van der Waals surface area (Å²) in [5.74, 6) is 3.47. The van der Waals surface area contributed by atoms with Crippen molar-refractivity contribution in [2.75, 3.05) is 63.9 Å². The molecule has 9 nitrogen and oxygen atoms in total. The van der Waals surface area contributed by atoms with Gasteiger partial charge in [-0.05, 0) is 49.1 Å². The van der Waals surface area contributed by atoms with Crippen molar-refractivity contribution in [3.8, 4) is 17.6 Å². The number of aliphatic hydroxyl groups is 1. The van der Waals surface area contributed by atoms with Crippen LogP contribution >= 0.6 is 0 Å². The summed E-state index contributed by atoms with van der Waals surface area (Å²) in [4.78, 5) is 2.36. The number of hydrogen-bond donors (Lipinski definition) is 3. The molecule has 3 N–H and O–H groups in total. The molecule has 3 aromatic rings. The number of methoxy groups -OCH3 is 2. The molecule has 43 heavy (non-hydrogen) atoms. The first-order valence-electron chi connectivity index (χ1n) is 14.1. The highest BCUT2D eigenvalue weighted by Gasteiger charge is 2.26. The van der Waals surface area contributed by atoms with Crippen molar-refractivity contribution in [1.82, 2.24) is 9.47 Å². The van der Waals surface area contributed by atoms with E-state index in [4.69, 9.17) is 9.47 Å². The Morgan fingerprint density at radius 2 is 1.88 bits per heavy atom. The van der Waals surface area contributed by atoms with Gasteiger partial charge in [-0.25, -0.2) is 17.2 Å². The lowest BCUT2D eigenvalue weighted by molar-refractivity contribution is 0.00490. The van der Waals surface area contributed by atoms with Crippen molar-refractivity contribution in [1.29, 1.82) is 0 Å². The van der Waals surface area contributed by atoms with Gasteiger partial charge in [0.05, 0.1) is 54.7 Å². The number of β-amino-alcohol motifs (C(OH)–C–C–N with tert-alkyl or cyclic N) is 1. The molecule has 1 aliphatic heterocycles. The molecule has 1 atom stereocenters. The van der Waals surface area contributed by atoms with Crippen LogP contribution in [0.3, 0.4) is 0 Å². The molecular formula is C31H40F2N4O5S. The van der Waals surface area contributed by atoms with Crippen LogP contribution in [0.25, 0.3) is 10.9 Å². The van der Waals surface area contributed by atoms with E-state index in [9.17, 15) is 22.3 Å². The third-order valence-electron chi connectivity index (χ3n) is 7.34. The zero-order chi connectivity index (χ0) is 31.2. The average molecular weight is 619 g/mol. The largest absolute Gasteiger partial charge is 0.495 e. The zero-order valence-electron chi connectivity index (χ0n) is 25.0. The van der Waals surface area contributed by atoms with Gasteiger partial charge in [0.1, 0.15) is 5.75 Å². The number of nitrogens with one attached hydrogen (secondary N) is 2. The molecule has 0 spiro atoms. The standard InChI is InChI=1S/C31H40F2N4O5S/c1-31(32,33)21-37-23(7-6-14-34-28-11-10-25(43(4,39)40)18-30(28)42-3)17-26-27(8-5-9-29(26)37)35-22-12-15-36(16-13-22)19-24(38)20-41-2/h5,8-11,17-18,22,24,34-35,38H,12-16,19-21H2,1-4H3. The van der Waals surface area contributed by atoms with Gasteiger partial charge in [0.25, 0.3) is 5.92 Å². The fourth-order valence-corrected chi connectivity index (χ4v) is 5.94. The molecule has 4 rings (SSSR count). The number of rotatable bonds is 12. The summed E-state index contributed by atoms with van der Waals surface area (Å²) in [7, 11) is -0.367. The van der Waals surface area contributed by atoms with Crippen LogP contribution in [0.1, 0.15) is 25.5 Å². The summed E-state index contributed by atoms with van der Waals surface area (Å²) in [6.07, 6.45) is 2.38. The number of benzene rings is 2. The summed E-state index contributed by atoms with van der Waals surface area (Å²) >= 11 is 0.